The van der Waals surface area contributed by atoms with Crippen LogP contribution in [0.4, 0.5) is 0 Å². The highest BCUT2D eigenvalue weighted by Gasteiger charge is 2.34. The smallest absolute Gasteiger partial charge is 0.308 e. The fourth-order valence-electron chi connectivity index (χ4n) is 4.44. The molecule has 1 aromatic carbocycles. The van der Waals surface area contributed by atoms with Crippen molar-refractivity contribution in [2.45, 2.75) is 25.4 Å². The molecule has 2 N–H and O–H groups in total. The summed E-state index contributed by atoms with van der Waals surface area (Å²) in [6.45, 7) is 1.82. The second-order valence-electron chi connectivity index (χ2n) is 8.27. The van der Waals surface area contributed by atoms with Gasteiger partial charge >= 0.3 is 5.97 Å². The van der Waals surface area contributed by atoms with Gasteiger partial charge < -0.3 is 14.9 Å². The number of nitrogens with zero attached hydrogens (tertiary/aromatic N) is 3. The molecule has 7 nitrogen and oxygen atoms in total. The molecule has 1 saturated heterocycles. The van der Waals surface area contributed by atoms with Gasteiger partial charge in [0.1, 0.15) is 5.75 Å². The highest BCUT2D eigenvalue weighted by Crippen LogP contribution is 2.33. The zero-order chi connectivity index (χ0) is 23.2. The van der Waals surface area contributed by atoms with E-state index in [2.05, 4.69) is 26.7 Å². The zero-order valence-corrected chi connectivity index (χ0v) is 19.3. The maximum absolute atomic E-state index is 12.0. The molecule has 1 aliphatic heterocycles. The minimum atomic E-state index is -0.784. The predicted molar refractivity (Wildman–Crippen MR) is 127 cm³/mol. The average Bonchev–Trinajstić information content (AvgIpc) is 3.35. The molecule has 0 bridgehead atoms. The number of rotatable bonds is 7. The van der Waals surface area contributed by atoms with E-state index in [4.69, 9.17) is 4.74 Å². The number of ether oxygens (including phenoxy) is 1. The summed E-state index contributed by atoms with van der Waals surface area (Å²) >= 11 is 1.49. The van der Waals surface area contributed by atoms with E-state index in [0.29, 0.717) is 31.7 Å². The number of aliphatic hydroxyl groups is 1. The number of pyridine rings is 1. The lowest BCUT2D eigenvalue weighted by Gasteiger charge is -2.36. The van der Waals surface area contributed by atoms with Crippen molar-refractivity contribution in [1.29, 1.82) is 0 Å². The Morgan fingerprint density at radius 3 is 3.03 bits per heavy atom. The molecule has 33 heavy (non-hydrogen) atoms. The van der Waals surface area contributed by atoms with Crippen molar-refractivity contribution < 1.29 is 19.7 Å². The number of methoxy groups -OCH3 is 1. The van der Waals surface area contributed by atoms with Gasteiger partial charge in [-0.3, -0.25) is 19.7 Å². The number of carboxylic acid groups (broad SMARTS) is 1. The first-order chi connectivity index (χ1) is 16.0. The van der Waals surface area contributed by atoms with E-state index in [9.17, 15) is 15.0 Å². The minimum absolute atomic E-state index is 0.0190. The average molecular weight is 466 g/mol. The third-order valence-corrected chi connectivity index (χ3v) is 6.94. The molecule has 2 aromatic heterocycles. The van der Waals surface area contributed by atoms with Crippen molar-refractivity contribution in [3.63, 3.8) is 0 Å². The summed E-state index contributed by atoms with van der Waals surface area (Å²) in [6, 6.07) is 7.43. The van der Waals surface area contributed by atoms with Crippen LogP contribution in [0.2, 0.25) is 0 Å². The Kier molecular flexibility index (Phi) is 7.55. The monoisotopic (exact) mass is 465 g/mol. The second kappa shape index (κ2) is 10.8. The number of carboxylic acids is 1. The summed E-state index contributed by atoms with van der Waals surface area (Å²) in [4.78, 5) is 23.4. The number of carbonyl (C=O) groups is 1. The van der Waals surface area contributed by atoms with E-state index in [0.717, 1.165) is 34.3 Å². The van der Waals surface area contributed by atoms with Crippen molar-refractivity contribution >= 4 is 28.2 Å². The Bertz CT molecular complexity index is 1160. The Balaban J connectivity index is 1.38. The lowest BCUT2D eigenvalue weighted by atomic mass is 9.81. The third kappa shape index (κ3) is 5.69. The topological polar surface area (TPSA) is 95.8 Å². The van der Waals surface area contributed by atoms with Gasteiger partial charge in [0.25, 0.3) is 0 Å². The Morgan fingerprint density at radius 1 is 1.39 bits per heavy atom. The van der Waals surface area contributed by atoms with Crippen molar-refractivity contribution in [3.8, 4) is 17.6 Å². The van der Waals surface area contributed by atoms with Crippen molar-refractivity contribution in [2.75, 3.05) is 26.7 Å². The van der Waals surface area contributed by atoms with Crippen LogP contribution in [0.3, 0.4) is 0 Å². The molecule has 8 heteroatoms. The molecule has 0 saturated carbocycles. The number of benzene rings is 1. The van der Waals surface area contributed by atoms with Gasteiger partial charge in [-0.1, -0.05) is 11.8 Å². The first-order valence-corrected chi connectivity index (χ1v) is 11.9. The molecule has 3 heterocycles. The fourth-order valence-corrected chi connectivity index (χ4v) is 4.93. The quantitative estimate of drug-likeness (QED) is 0.515. The van der Waals surface area contributed by atoms with Gasteiger partial charge in [-0.25, -0.2) is 0 Å². The Morgan fingerprint density at radius 2 is 2.27 bits per heavy atom. The van der Waals surface area contributed by atoms with Crippen LogP contribution < -0.4 is 4.74 Å². The van der Waals surface area contributed by atoms with Crippen LogP contribution in [0.25, 0.3) is 10.9 Å². The lowest BCUT2D eigenvalue weighted by Crippen LogP contribution is -2.44. The van der Waals surface area contributed by atoms with Crippen LogP contribution in [0.1, 0.15) is 35.8 Å². The number of fused-ring (bicyclic) bond motifs is 1. The maximum atomic E-state index is 12.0. The molecule has 0 radical (unpaired) electrons. The number of hydrogen-bond donors (Lipinski definition) is 2. The van der Waals surface area contributed by atoms with Crippen molar-refractivity contribution in [2.24, 2.45) is 11.8 Å². The molecule has 3 atom stereocenters. The van der Waals surface area contributed by atoms with E-state index >= 15 is 0 Å². The van der Waals surface area contributed by atoms with Crippen molar-refractivity contribution in [1.82, 2.24) is 14.9 Å². The number of thiazole rings is 1. The molecule has 0 spiro atoms. The van der Waals surface area contributed by atoms with Gasteiger partial charge in [-0.15, -0.1) is 11.3 Å². The lowest BCUT2D eigenvalue weighted by molar-refractivity contribution is -0.146. The van der Waals surface area contributed by atoms with E-state index in [1.54, 1.807) is 25.0 Å². The summed E-state index contributed by atoms with van der Waals surface area (Å²) < 4.78 is 5.32. The Hall–Kier alpha value is -2.99. The molecule has 4 rings (SSSR count). The maximum Gasteiger partial charge on any atom is 0.308 e. The number of likely N-dealkylation sites (tertiary alicyclic amines) is 1. The van der Waals surface area contributed by atoms with E-state index < -0.39 is 18.0 Å². The first kappa shape index (κ1) is 23.2. The summed E-state index contributed by atoms with van der Waals surface area (Å²) in [7, 11) is 1.61. The SMILES string of the molecule is COc1ccc2nccc([C@@H](O)CC[C@@H]3CCN(CC#Cc4cncs4)C[C@@H]3C(=O)O)c2c1. The number of aliphatic carboxylic acids is 1. The van der Waals surface area contributed by atoms with Gasteiger partial charge in [0.2, 0.25) is 0 Å². The largest absolute Gasteiger partial charge is 0.497 e. The number of hydrogen-bond acceptors (Lipinski definition) is 7. The van der Waals surface area contributed by atoms with Crippen LogP contribution >= 0.6 is 11.3 Å². The van der Waals surface area contributed by atoms with Gasteiger partial charge in [-0.05, 0) is 61.6 Å². The van der Waals surface area contributed by atoms with Crippen LogP contribution in [0, 0.1) is 23.7 Å². The van der Waals surface area contributed by atoms with E-state index in [1.165, 1.54) is 11.3 Å². The molecule has 0 unspecified atom stereocenters. The molecule has 1 fully saturated rings. The van der Waals surface area contributed by atoms with Crippen LogP contribution in [0.5, 0.6) is 5.75 Å². The van der Waals surface area contributed by atoms with Crippen LogP contribution in [-0.2, 0) is 4.79 Å². The summed E-state index contributed by atoms with van der Waals surface area (Å²) in [5.41, 5.74) is 3.33. The highest BCUT2D eigenvalue weighted by molar-refractivity contribution is 7.10. The molecular weight excluding hydrogens is 438 g/mol. The number of aromatic nitrogens is 2. The van der Waals surface area contributed by atoms with Gasteiger partial charge in [0.05, 0.1) is 47.8 Å². The minimum Gasteiger partial charge on any atom is -0.497 e. The highest BCUT2D eigenvalue weighted by atomic mass is 32.1. The molecule has 0 amide bonds. The molecule has 172 valence electrons. The molecule has 3 aromatic rings. The molecule has 0 aliphatic carbocycles. The Labute approximate surface area is 197 Å². The van der Waals surface area contributed by atoms with Crippen LogP contribution in [-0.4, -0.2) is 57.8 Å². The summed E-state index contributed by atoms with van der Waals surface area (Å²) in [5, 5.41) is 21.6. The third-order valence-electron chi connectivity index (χ3n) is 6.26. The summed E-state index contributed by atoms with van der Waals surface area (Å²) in [5.74, 6) is 5.68. The van der Waals surface area contributed by atoms with Gasteiger partial charge in [0.15, 0.2) is 0 Å². The van der Waals surface area contributed by atoms with Crippen molar-refractivity contribution in [3.05, 3.63) is 52.6 Å². The second-order valence-corrected chi connectivity index (χ2v) is 9.16. The van der Waals surface area contributed by atoms with Gasteiger partial charge in [0, 0.05) is 18.1 Å². The standard InChI is InChI=1S/C25H27N3O4S/c1-32-18-5-6-23-21(13-18)20(8-10-27-23)24(29)7-4-17-9-12-28(15-22(17)25(30)31)11-2-3-19-14-26-16-33-19/h5-6,8,10,13-14,16-17,22,24,29H,4,7,9,11-12,15H2,1H3,(H,30,31)/t17-,22+,24+/m1/s1. The van der Waals surface area contributed by atoms with E-state index in [-0.39, 0.29) is 5.92 Å². The normalized spacial score (nSPS) is 19.6. The number of aliphatic hydroxyl groups excluding tert-OH is 1. The molecule has 1 aliphatic rings. The number of piperidine rings is 1. The zero-order valence-electron chi connectivity index (χ0n) is 18.5. The fraction of sp³-hybridized carbons (Fsp3) is 0.400. The first-order valence-electron chi connectivity index (χ1n) is 11.0. The van der Waals surface area contributed by atoms with Crippen LogP contribution in [0.15, 0.2) is 42.2 Å². The molecular formula is C25H27N3O4S. The van der Waals surface area contributed by atoms with E-state index in [1.807, 2.05) is 24.3 Å². The van der Waals surface area contributed by atoms with Gasteiger partial charge in [-0.2, -0.15) is 0 Å². The predicted octanol–water partition coefficient (Wildman–Crippen LogP) is 3.59. The summed E-state index contributed by atoms with van der Waals surface area (Å²) in [6.07, 6.45) is 4.65.